The van der Waals surface area contributed by atoms with Gasteiger partial charge in [0.2, 0.25) is 15.9 Å². The summed E-state index contributed by atoms with van der Waals surface area (Å²) < 4.78 is 68.0. The van der Waals surface area contributed by atoms with E-state index in [2.05, 4.69) is 21.2 Å². The van der Waals surface area contributed by atoms with Crippen LogP contribution in [0.3, 0.4) is 0 Å². The zero-order valence-electron chi connectivity index (χ0n) is 14.5. The number of hydrogen-bond donors (Lipinski definition) is 1. The largest absolute Gasteiger partial charge is 0.322 e. The number of rotatable bonds is 4. The molecule has 1 unspecified atom stereocenters. The second-order valence-electron chi connectivity index (χ2n) is 6.29. The average Bonchev–Trinajstić information content (AvgIpc) is 2.68. The number of piperidine rings is 1. The number of anilines is 1. The maximum Gasteiger partial charge on any atom is 0.243 e. The van der Waals surface area contributed by atoms with Crippen LogP contribution < -0.4 is 5.32 Å². The SMILES string of the molecule is O=C(Nc1ccc(F)c(F)c1F)C1CCCCN1S(=O)(=O)c1ccc(Br)cc1. The van der Waals surface area contributed by atoms with Gasteiger partial charge in [0.25, 0.3) is 0 Å². The summed E-state index contributed by atoms with van der Waals surface area (Å²) in [6.45, 7) is 0.122. The van der Waals surface area contributed by atoms with Crippen molar-refractivity contribution in [1.82, 2.24) is 4.31 Å². The molecule has 0 aliphatic carbocycles. The Labute approximate surface area is 168 Å². The van der Waals surface area contributed by atoms with E-state index in [0.29, 0.717) is 23.4 Å². The molecule has 1 aliphatic heterocycles. The summed E-state index contributed by atoms with van der Waals surface area (Å²) in [7, 11) is -3.97. The summed E-state index contributed by atoms with van der Waals surface area (Å²) >= 11 is 3.23. The standard InChI is InChI=1S/C18H16BrF3N2O3S/c19-11-4-6-12(7-5-11)28(26,27)24-10-2-1-3-15(24)18(25)23-14-9-8-13(20)16(21)17(14)22/h4-9,15H,1-3,10H2,(H,23,25). The quantitative estimate of drug-likeness (QED) is 0.676. The Kier molecular flexibility index (Phi) is 6.11. The lowest BCUT2D eigenvalue weighted by atomic mass is 10.0. The molecule has 5 nitrogen and oxygen atoms in total. The third kappa shape index (κ3) is 4.08. The molecule has 150 valence electrons. The molecule has 2 aromatic carbocycles. The minimum Gasteiger partial charge on any atom is -0.322 e. The van der Waals surface area contributed by atoms with Crippen molar-refractivity contribution in [2.45, 2.75) is 30.2 Å². The van der Waals surface area contributed by atoms with E-state index in [1.165, 1.54) is 12.1 Å². The predicted octanol–water partition coefficient (Wildman–Crippen LogP) is 4.05. The van der Waals surface area contributed by atoms with Gasteiger partial charge >= 0.3 is 0 Å². The first-order valence-corrected chi connectivity index (χ1v) is 10.7. The molecule has 0 bridgehead atoms. The molecule has 1 heterocycles. The number of amides is 1. The highest BCUT2D eigenvalue weighted by Crippen LogP contribution is 2.28. The van der Waals surface area contributed by atoms with Crippen LogP contribution in [-0.4, -0.2) is 31.2 Å². The van der Waals surface area contributed by atoms with E-state index in [1.54, 1.807) is 12.1 Å². The summed E-state index contributed by atoms with van der Waals surface area (Å²) in [6.07, 6.45) is 1.40. The van der Waals surface area contributed by atoms with E-state index in [-0.39, 0.29) is 17.9 Å². The first kappa shape index (κ1) is 20.8. The van der Waals surface area contributed by atoms with Crippen molar-refractivity contribution in [3.8, 4) is 0 Å². The van der Waals surface area contributed by atoms with E-state index in [9.17, 15) is 26.4 Å². The van der Waals surface area contributed by atoms with Gasteiger partial charge in [-0.1, -0.05) is 22.4 Å². The van der Waals surface area contributed by atoms with Crippen molar-refractivity contribution in [2.24, 2.45) is 0 Å². The van der Waals surface area contributed by atoms with Crippen LogP contribution in [0.1, 0.15) is 19.3 Å². The van der Waals surface area contributed by atoms with Crippen molar-refractivity contribution >= 4 is 37.5 Å². The molecule has 0 aromatic heterocycles. The van der Waals surface area contributed by atoms with Crippen molar-refractivity contribution in [3.05, 3.63) is 58.3 Å². The maximum absolute atomic E-state index is 13.9. The smallest absolute Gasteiger partial charge is 0.243 e. The minimum absolute atomic E-state index is 0.0226. The van der Waals surface area contributed by atoms with Gasteiger partial charge < -0.3 is 5.32 Å². The second kappa shape index (κ2) is 8.22. The van der Waals surface area contributed by atoms with E-state index in [4.69, 9.17) is 0 Å². The van der Waals surface area contributed by atoms with Crippen molar-refractivity contribution in [1.29, 1.82) is 0 Å². The minimum atomic E-state index is -3.97. The lowest BCUT2D eigenvalue weighted by Gasteiger charge is -2.33. The molecule has 0 saturated carbocycles. The topological polar surface area (TPSA) is 66.5 Å². The number of hydrogen-bond acceptors (Lipinski definition) is 3. The Bertz CT molecular complexity index is 1000. The third-order valence-electron chi connectivity index (χ3n) is 4.47. The number of benzene rings is 2. The van der Waals surface area contributed by atoms with Crippen molar-refractivity contribution in [3.63, 3.8) is 0 Å². The first-order valence-electron chi connectivity index (χ1n) is 8.43. The van der Waals surface area contributed by atoms with Crippen LogP contribution in [0.4, 0.5) is 18.9 Å². The van der Waals surface area contributed by atoms with Crippen LogP contribution >= 0.6 is 15.9 Å². The van der Waals surface area contributed by atoms with Gasteiger partial charge in [-0.05, 0) is 49.2 Å². The van der Waals surface area contributed by atoms with E-state index >= 15 is 0 Å². The molecular weight excluding hydrogens is 461 g/mol. The van der Waals surface area contributed by atoms with Crippen LogP contribution in [0.25, 0.3) is 0 Å². The fourth-order valence-electron chi connectivity index (χ4n) is 3.04. The van der Waals surface area contributed by atoms with Gasteiger partial charge in [0, 0.05) is 11.0 Å². The monoisotopic (exact) mass is 476 g/mol. The van der Waals surface area contributed by atoms with Gasteiger partial charge in [0.1, 0.15) is 6.04 Å². The van der Waals surface area contributed by atoms with Gasteiger partial charge in [-0.25, -0.2) is 21.6 Å². The lowest BCUT2D eigenvalue weighted by Crippen LogP contribution is -2.49. The molecule has 1 amide bonds. The molecule has 2 aromatic rings. The van der Waals surface area contributed by atoms with E-state index in [1.807, 2.05) is 0 Å². The number of carbonyl (C=O) groups excluding carboxylic acids is 1. The zero-order chi connectivity index (χ0) is 20.5. The molecule has 10 heteroatoms. The van der Waals surface area contributed by atoms with Gasteiger partial charge in [0.05, 0.1) is 10.6 Å². The molecular formula is C18H16BrF3N2O3S. The van der Waals surface area contributed by atoms with Gasteiger partial charge in [-0.15, -0.1) is 0 Å². The Morgan fingerprint density at radius 3 is 2.39 bits per heavy atom. The summed E-state index contributed by atoms with van der Waals surface area (Å²) in [5, 5.41) is 2.18. The Hall–Kier alpha value is -1.91. The highest BCUT2D eigenvalue weighted by Gasteiger charge is 2.38. The fourth-order valence-corrected chi connectivity index (χ4v) is 4.96. The maximum atomic E-state index is 13.9. The Morgan fingerprint density at radius 1 is 1.04 bits per heavy atom. The number of nitrogens with zero attached hydrogens (tertiary/aromatic N) is 1. The van der Waals surface area contributed by atoms with Gasteiger partial charge in [0.15, 0.2) is 17.5 Å². The summed E-state index contributed by atoms with van der Waals surface area (Å²) in [6, 6.07) is 6.46. The molecule has 28 heavy (non-hydrogen) atoms. The molecule has 1 atom stereocenters. The average molecular weight is 477 g/mol. The molecule has 1 N–H and O–H groups in total. The Balaban J connectivity index is 1.88. The van der Waals surface area contributed by atoms with Crippen LogP contribution in [0.15, 0.2) is 45.8 Å². The summed E-state index contributed by atoms with van der Waals surface area (Å²) in [4.78, 5) is 12.7. The van der Waals surface area contributed by atoms with E-state index in [0.717, 1.165) is 10.4 Å². The van der Waals surface area contributed by atoms with Gasteiger partial charge in [-0.2, -0.15) is 4.31 Å². The third-order valence-corrected chi connectivity index (χ3v) is 6.92. The second-order valence-corrected chi connectivity index (χ2v) is 9.10. The summed E-state index contributed by atoms with van der Waals surface area (Å²) in [5.74, 6) is -5.43. The van der Waals surface area contributed by atoms with Crippen molar-refractivity contribution in [2.75, 3.05) is 11.9 Å². The van der Waals surface area contributed by atoms with Crippen LogP contribution in [0, 0.1) is 17.5 Å². The lowest BCUT2D eigenvalue weighted by molar-refractivity contribution is -0.120. The zero-order valence-corrected chi connectivity index (χ0v) is 16.9. The summed E-state index contributed by atoms with van der Waals surface area (Å²) in [5.41, 5.74) is -0.546. The highest BCUT2D eigenvalue weighted by atomic mass is 79.9. The number of halogens is 4. The van der Waals surface area contributed by atoms with Gasteiger partial charge in [-0.3, -0.25) is 4.79 Å². The van der Waals surface area contributed by atoms with Crippen LogP contribution in [0.2, 0.25) is 0 Å². The molecule has 1 aliphatic rings. The molecule has 3 rings (SSSR count). The van der Waals surface area contributed by atoms with Crippen molar-refractivity contribution < 1.29 is 26.4 Å². The fraction of sp³-hybridized carbons (Fsp3) is 0.278. The molecule has 0 spiro atoms. The molecule has 1 saturated heterocycles. The van der Waals surface area contributed by atoms with Crippen LogP contribution in [0.5, 0.6) is 0 Å². The number of carbonyl (C=O) groups is 1. The molecule has 0 radical (unpaired) electrons. The van der Waals surface area contributed by atoms with E-state index < -0.39 is 45.1 Å². The normalized spacial score (nSPS) is 18.1. The van der Waals surface area contributed by atoms with Crippen LogP contribution in [-0.2, 0) is 14.8 Å². The highest BCUT2D eigenvalue weighted by molar-refractivity contribution is 9.10. The predicted molar refractivity (Wildman–Crippen MR) is 101 cm³/mol. The number of nitrogens with one attached hydrogen (secondary N) is 1. The molecule has 1 fully saturated rings. The first-order chi connectivity index (χ1) is 13.2. The Morgan fingerprint density at radius 2 is 1.71 bits per heavy atom. The number of sulfonamides is 1.